The second-order valence-corrected chi connectivity index (χ2v) is 5.03. The van der Waals surface area contributed by atoms with E-state index in [0.29, 0.717) is 5.56 Å². The minimum atomic E-state index is -1.25. The van der Waals surface area contributed by atoms with Gasteiger partial charge in [-0.15, -0.1) is 11.3 Å². The molecule has 0 atom stereocenters. The van der Waals surface area contributed by atoms with E-state index in [1.54, 1.807) is 12.1 Å². The molecular formula is C15H9FO2S. The van der Waals surface area contributed by atoms with Crippen LogP contribution in [-0.4, -0.2) is 11.1 Å². The van der Waals surface area contributed by atoms with Gasteiger partial charge in [0, 0.05) is 15.8 Å². The van der Waals surface area contributed by atoms with Crippen LogP contribution in [0.25, 0.3) is 21.2 Å². The summed E-state index contributed by atoms with van der Waals surface area (Å²) in [6.45, 7) is 0. The van der Waals surface area contributed by atoms with Gasteiger partial charge in [-0.2, -0.15) is 0 Å². The molecule has 0 aliphatic carbocycles. The molecule has 0 radical (unpaired) electrons. The monoisotopic (exact) mass is 272 g/mol. The lowest BCUT2D eigenvalue weighted by molar-refractivity contribution is 0.0692. The first-order valence-electron chi connectivity index (χ1n) is 5.67. The van der Waals surface area contributed by atoms with Crippen molar-refractivity contribution in [2.45, 2.75) is 0 Å². The first kappa shape index (κ1) is 11.9. The normalized spacial score (nSPS) is 10.8. The lowest BCUT2D eigenvalue weighted by atomic mass is 10.0. The molecule has 0 aliphatic rings. The molecule has 4 heteroatoms. The predicted octanol–water partition coefficient (Wildman–Crippen LogP) is 4.41. The summed E-state index contributed by atoms with van der Waals surface area (Å²) in [6, 6.07) is 12.0. The van der Waals surface area contributed by atoms with Gasteiger partial charge < -0.3 is 5.11 Å². The molecule has 3 rings (SSSR count). The maximum Gasteiger partial charge on any atom is 0.338 e. The third-order valence-electron chi connectivity index (χ3n) is 3.00. The average Bonchev–Trinajstić information content (AvgIpc) is 2.87. The minimum absolute atomic E-state index is 0.300. The molecule has 0 fully saturated rings. The van der Waals surface area contributed by atoms with Crippen LogP contribution in [-0.2, 0) is 0 Å². The number of thiophene rings is 1. The quantitative estimate of drug-likeness (QED) is 0.750. The Morgan fingerprint density at radius 1 is 1.05 bits per heavy atom. The first-order valence-corrected chi connectivity index (χ1v) is 6.55. The Kier molecular flexibility index (Phi) is 2.80. The van der Waals surface area contributed by atoms with Gasteiger partial charge >= 0.3 is 5.97 Å². The molecule has 0 aliphatic heterocycles. The van der Waals surface area contributed by atoms with Gasteiger partial charge in [-0.25, -0.2) is 9.18 Å². The molecule has 0 spiro atoms. The van der Waals surface area contributed by atoms with E-state index in [1.807, 2.05) is 29.6 Å². The van der Waals surface area contributed by atoms with E-state index in [9.17, 15) is 9.18 Å². The number of fused-ring (bicyclic) bond motifs is 1. The zero-order valence-electron chi connectivity index (χ0n) is 9.76. The number of rotatable bonds is 2. The van der Waals surface area contributed by atoms with Crippen molar-refractivity contribution in [3.8, 4) is 11.1 Å². The number of benzene rings is 2. The molecule has 3 aromatic rings. The molecular weight excluding hydrogens is 263 g/mol. The van der Waals surface area contributed by atoms with Crippen molar-refractivity contribution in [2.24, 2.45) is 0 Å². The molecule has 0 saturated heterocycles. The zero-order valence-corrected chi connectivity index (χ0v) is 10.6. The van der Waals surface area contributed by atoms with Gasteiger partial charge in [-0.05, 0) is 22.9 Å². The minimum Gasteiger partial charge on any atom is -0.478 e. The van der Waals surface area contributed by atoms with Gasteiger partial charge in [0.15, 0.2) is 0 Å². The fourth-order valence-electron chi connectivity index (χ4n) is 2.11. The van der Waals surface area contributed by atoms with Crippen LogP contribution in [0, 0.1) is 5.82 Å². The summed E-state index contributed by atoms with van der Waals surface area (Å²) in [4.78, 5) is 11.0. The van der Waals surface area contributed by atoms with E-state index in [2.05, 4.69) is 0 Å². The summed E-state index contributed by atoms with van der Waals surface area (Å²) in [5.41, 5.74) is 0.757. The van der Waals surface area contributed by atoms with Crippen molar-refractivity contribution in [2.75, 3.05) is 0 Å². The second kappa shape index (κ2) is 4.48. The molecule has 0 saturated carbocycles. The lowest BCUT2D eigenvalue weighted by Gasteiger charge is -2.07. The topological polar surface area (TPSA) is 37.3 Å². The number of hydrogen-bond acceptors (Lipinski definition) is 2. The second-order valence-electron chi connectivity index (χ2n) is 4.12. The highest BCUT2D eigenvalue weighted by Crippen LogP contribution is 2.34. The highest BCUT2D eigenvalue weighted by molar-refractivity contribution is 7.17. The van der Waals surface area contributed by atoms with Gasteiger partial charge in [0.1, 0.15) is 5.82 Å². The molecule has 2 aromatic carbocycles. The molecule has 0 bridgehead atoms. The highest BCUT2D eigenvalue weighted by Gasteiger charge is 2.16. The van der Waals surface area contributed by atoms with E-state index < -0.39 is 11.8 Å². The summed E-state index contributed by atoms with van der Waals surface area (Å²) < 4.78 is 15.2. The fourth-order valence-corrected chi connectivity index (χ4v) is 3.04. The van der Waals surface area contributed by atoms with E-state index >= 15 is 0 Å². The van der Waals surface area contributed by atoms with Gasteiger partial charge in [-0.3, -0.25) is 0 Å². The van der Waals surface area contributed by atoms with Crippen molar-refractivity contribution >= 4 is 27.4 Å². The van der Waals surface area contributed by atoms with Crippen LogP contribution in [0.2, 0.25) is 0 Å². The summed E-state index contributed by atoms with van der Waals surface area (Å²) in [7, 11) is 0. The van der Waals surface area contributed by atoms with Crippen molar-refractivity contribution in [3.05, 3.63) is 59.2 Å². The van der Waals surface area contributed by atoms with E-state index in [4.69, 9.17) is 5.11 Å². The molecule has 1 N–H and O–H groups in total. The first-order chi connectivity index (χ1) is 9.18. The molecule has 0 unspecified atom stereocenters. The smallest absolute Gasteiger partial charge is 0.338 e. The highest BCUT2D eigenvalue weighted by atomic mass is 32.1. The van der Waals surface area contributed by atoms with E-state index in [1.165, 1.54) is 17.4 Å². The van der Waals surface area contributed by atoms with Crippen LogP contribution in [0.1, 0.15) is 10.4 Å². The fraction of sp³-hybridized carbons (Fsp3) is 0. The molecule has 94 valence electrons. The van der Waals surface area contributed by atoms with Crippen molar-refractivity contribution in [1.29, 1.82) is 0 Å². The summed E-state index contributed by atoms with van der Waals surface area (Å²) in [5.74, 6) is -1.94. The Balaban J connectivity index is 2.30. The molecule has 2 nitrogen and oxygen atoms in total. The standard InChI is InChI=1S/C15H9FO2S/c16-13-10(4-2-6-12(13)15(17)18)11-5-1-3-9-7-8-19-14(9)11/h1-8H,(H,17,18). The van der Waals surface area contributed by atoms with Gasteiger partial charge in [0.2, 0.25) is 0 Å². The molecule has 1 heterocycles. The Hall–Kier alpha value is -2.20. The number of carboxylic acids is 1. The summed E-state index contributed by atoms with van der Waals surface area (Å²) in [6.07, 6.45) is 0. The number of hydrogen-bond donors (Lipinski definition) is 1. The maximum absolute atomic E-state index is 14.3. The van der Waals surface area contributed by atoms with Crippen molar-refractivity contribution < 1.29 is 14.3 Å². The maximum atomic E-state index is 14.3. The summed E-state index contributed by atoms with van der Waals surface area (Å²) in [5, 5.41) is 11.9. The van der Waals surface area contributed by atoms with Crippen LogP contribution in [0.15, 0.2) is 47.8 Å². The summed E-state index contributed by atoms with van der Waals surface area (Å²) >= 11 is 1.52. The average molecular weight is 272 g/mol. The number of carbonyl (C=O) groups is 1. The van der Waals surface area contributed by atoms with E-state index in [0.717, 1.165) is 15.6 Å². The van der Waals surface area contributed by atoms with Crippen LogP contribution in [0.5, 0.6) is 0 Å². The van der Waals surface area contributed by atoms with Crippen molar-refractivity contribution in [3.63, 3.8) is 0 Å². The Bertz CT molecular complexity index is 777. The molecule has 0 amide bonds. The molecule has 1 aromatic heterocycles. The van der Waals surface area contributed by atoms with Gasteiger partial charge in [0.05, 0.1) is 5.56 Å². The number of halogens is 1. The van der Waals surface area contributed by atoms with Crippen LogP contribution < -0.4 is 0 Å². The predicted molar refractivity (Wildman–Crippen MR) is 74.2 cm³/mol. The Morgan fingerprint density at radius 2 is 1.79 bits per heavy atom. The van der Waals surface area contributed by atoms with Gasteiger partial charge in [0.25, 0.3) is 0 Å². The van der Waals surface area contributed by atoms with Crippen LogP contribution >= 0.6 is 11.3 Å². The Labute approximate surface area is 112 Å². The van der Waals surface area contributed by atoms with E-state index in [-0.39, 0.29) is 5.56 Å². The largest absolute Gasteiger partial charge is 0.478 e. The molecule has 19 heavy (non-hydrogen) atoms. The van der Waals surface area contributed by atoms with Crippen molar-refractivity contribution in [1.82, 2.24) is 0 Å². The number of aromatic carboxylic acids is 1. The lowest BCUT2D eigenvalue weighted by Crippen LogP contribution is -2.01. The number of carboxylic acid groups (broad SMARTS) is 1. The SMILES string of the molecule is O=C(O)c1cccc(-c2cccc3ccsc23)c1F. The third kappa shape index (κ3) is 1.90. The van der Waals surface area contributed by atoms with Crippen LogP contribution in [0.4, 0.5) is 4.39 Å². The van der Waals surface area contributed by atoms with Gasteiger partial charge in [-0.1, -0.05) is 30.3 Å². The Morgan fingerprint density at radius 3 is 2.58 bits per heavy atom. The van der Waals surface area contributed by atoms with Crippen LogP contribution in [0.3, 0.4) is 0 Å². The zero-order chi connectivity index (χ0) is 13.4. The third-order valence-corrected chi connectivity index (χ3v) is 3.96.